The highest BCUT2D eigenvalue weighted by molar-refractivity contribution is 6.04. The lowest BCUT2D eigenvalue weighted by Gasteiger charge is -2.22. The van der Waals surface area contributed by atoms with Crippen molar-refractivity contribution in [3.05, 3.63) is 53.2 Å². The third-order valence-electron chi connectivity index (χ3n) is 5.03. The number of pyridine rings is 1. The number of aromatic nitrogens is 1. The van der Waals surface area contributed by atoms with Crippen LogP contribution in [0.25, 0.3) is 22.0 Å². The number of fused-ring (bicyclic) bond motifs is 2. The van der Waals surface area contributed by atoms with Crippen LogP contribution in [0.3, 0.4) is 0 Å². The van der Waals surface area contributed by atoms with Crippen LogP contribution in [0.15, 0.2) is 36.5 Å². The molecule has 0 amide bonds. The molecule has 2 heteroatoms. The van der Waals surface area contributed by atoms with E-state index in [1.165, 1.54) is 38.7 Å². The van der Waals surface area contributed by atoms with Crippen molar-refractivity contribution in [2.45, 2.75) is 34.1 Å². The zero-order chi connectivity index (χ0) is 17.0. The summed E-state index contributed by atoms with van der Waals surface area (Å²) in [5, 5.41) is 2.54. The molecule has 122 valence electrons. The molecule has 1 aliphatic heterocycles. The van der Waals surface area contributed by atoms with Gasteiger partial charge in [-0.3, -0.25) is 0 Å². The molecule has 0 fully saturated rings. The van der Waals surface area contributed by atoms with E-state index in [0.717, 1.165) is 17.9 Å². The smallest absolute Gasteiger partial charge is 0.256 e. The van der Waals surface area contributed by atoms with Gasteiger partial charge in [0.15, 0.2) is 11.9 Å². The Balaban J connectivity index is 2.11. The number of aryl methyl sites for hydroxylation is 2. The van der Waals surface area contributed by atoms with Crippen molar-refractivity contribution in [2.75, 3.05) is 0 Å². The maximum atomic E-state index is 6.33. The van der Waals surface area contributed by atoms with Gasteiger partial charge in [-0.15, -0.1) is 0 Å². The normalized spacial score (nSPS) is 12.4. The van der Waals surface area contributed by atoms with E-state index in [1.807, 2.05) is 6.07 Å². The zero-order valence-corrected chi connectivity index (χ0v) is 15.1. The second kappa shape index (κ2) is 5.34. The van der Waals surface area contributed by atoms with E-state index >= 15 is 0 Å². The first-order valence-electron chi connectivity index (χ1n) is 8.69. The molecule has 3 aromatic rings. The van der Waals surface area contributed by atoms with Crippen LogP contribution in [0.5, 0.6) is 11.5 Å². The molecule has 2 aromatic carbocycles. The summed E-state index contributed by atoms with van der Waals surface area (Å²) in [5.74, 6) is 2.58. The fraction of sp³-hybridized carbons (Fsp3) is 0.318. The van der Waals surface area contributed by atoms with Crippen LogP contribution in [-0.2, 0) is 13.5 Å². The van der Waals surface area contributed by atoms with Gasteiger partial charge in [-0.05, 0) is 60.4 Å². The van der Waals surface area contributed by atoms with Gasteiger partial charge in [0.05, 0.1) is 5.56 Å². The van der Waals surface area contributed by atoms with Crippen molar-refractivity contribution < 1.29 is 9.30 Å². The Morgan fingerprint density at radius 2 is 1.88 bits per heavy atom. The highest BCUT2D eigenvalue weighted by atomic mass is 16.5. The van der Waals surface area contributed by atoms with E-state index in [-0.39, 0.29) is 0 Å². The van der Waals surface area contributed by atoms with Crippen molar-refractivity contribution in [1.29, 1.82) is 0 Å². The minimum Gasteiger partial charge on any atom is -0.450 e. The zero-order valence-electron chi connectivity index (χ0n) is 15.1. The maximum absolute atomic E-state index is 6.33. The highest BCUT2D eigenvalue weighted by Crippen LogP contribution is 2.47. The average molecular weight is 318 g/mol. The standard InChI is InChI=1S/C22H24NO/c1-13(2)9-16-11-17-10-14(3)15(4)20-21(17)19(12-16)24-18-7-6-8-23(5)22(18)20/h6-8,10-13H,9H2,1-5H3/q+1. The number of hydrogen-bond acceptors (Lipinski definition) is 1. The first-order chi connectivity index (χ1) is 11.5. The van der Waals surface area contributed by atoms with E-state index < -0.39 is 0 Å². The van der Waals surface area contributed by atoms with E-state index in [1.54, 1.807) is 0 Å². The molecule has 0 saturated carbocycles. The second-order valence-corrected chi connectivity index (χ2v) is 7.42. The molecule has 4 rings (SSSR count). The predicted molar refractivity (Wildman–Crippen MR) is 98.7 cm³/mol. The van der Waals surface area contributed by atoms with Gasteiger partial charge >= 0.3 is 0 Å². The van der Waals surface area contributed by atoms with Gasteiger partial charge in [0.2, 0.25) is 0 Å². The summed E-state index contributed by atoms with van der Waals surface area (Å²) >= 11 is 0. The molecule has 0 bridgehead atoms. The molecule has 0 atom stereocenters. The summed E-state index contributed by atoms with van der Waals surface area (Å²) in [6.45, 7) is 8.95. The Morgan fingerprint density at radius 3 is 2.62 bits per heavy atom. The lowest BCUT2D eigenvalue weighted by Crippen LogP contribution is -2.31. The Hall–Kier alpha value is -2.35. The number of benzene rings is 2. The molecule has 2 heterocycles. The van der Waals surface area contributed by atoms with Crippen molar-refractivity contribution in [3.8, 4) is 22.8 Å². The summed E-state index contributed by atoms with van der Waals surface area (Å²) in [4.78, 5) is 0. The molecule has 24 heavy (non-hydrogen) atoms. The van der Waals surface area contributed by atoms with Gasteiger partial charge in [0, 0.05) is 11.5 Å². The van der Waals surface area contributed by atoms with E-state index in [2.05, 4.69) is 69.8 Å². The van der Waals surface area contributed by atoms with Crippen LogP contribution < -0.4 is 9.30 Å². The molecular formula is C22H24NO+. The molecule has 0 N–H and O–H groups in total. The minimum atomic E-state index is 0.634. The number of nitrogens with zero attached hydrogens (tertiary/aromatic N) is 1. The van der Waals surface area contributed by atoms with E-state index in [9.17, 15) is 0 Å². The molecule has 0 saturated heterocycles. The van der Waals surface area contributed by atoms with Crippen LogP contribution in [0, 0.1) is 19.8 Å². The molecular weight excluding hydrogens is 294 g/mol. The summed E-state index contributed by atoms with van der Waals surface area (Å²) in [5.41, 5.74) is 6.52. The van der Waals surface area contributed by atoms with Gasteiger partial charge in [-0.2, -0.15) is 4.57 Å². The molecule has 1 aliphatic rings. The van der Waals surface area contributed by atoms with Gasteiger partial charge in [0.1, 0.15) is 12.8 Å². The first-order valence-corrected chi connectivity index (χ1v) is 8.69. The fourth-order valence-electron chi connectivity index (χ4n) is 3.86. The largest absolute Gasteiger partial charge is 0.450 e. The Morgan fingerprint density at radius 1 is 1.08 bits per heavy atom. The average Bonchev–Trinajstić information content (AvgIpc) is 2.50. The third-order valence-corrected chi connectivity index (χ3v) is 5.03. The van der Waals surface area contributed by atoms with Crippen molar-refractivity contribution in [1.82, 2.24) is 0 Å². The lowest BCUT2D eigenvalue weighted by atomic mass is 9.89. The van der Waals surface area contributed by atoms with Crippen LogP contribution in [-0.4, -0.2) is 0 Å². The monoisotopic (exact) mass is 318 g/mol. The van der Waals surface area contributed by atoms with E-state index in [4.69, 9.17) is 4.74 Å². The predicted octanol–water partition coefficient (Wildman–Crippen LogP) is 5.25. The molecule has 0 aliphatic carbocycles. The molecule has 2 nitrogen and oxygen atoms in total. The van der Waals surface area contributed by atoms with Crippen LogP contribution in [0.1, 0.15) is 30.5 Å². The van der Waals surface area contributed by atoms with Crippen molar-refractivity contribution in [2.24, 2.45) is 13.0 Å². The first kappa shape index (κ1) is 15.2. The van der Waals surface area contributed by atoms with Crippen LogP contribution >= 0.6 is 0 Å². The molecule has 0 unspecified atom stereocenters. The molecule has 0 radical (unpaired) electrons. The van der Waals surface area contributed by atoms with Gasteiger partial charge in [-0.1, -0.05) is 26.0 Å². The fourth-order valence-corrected chi connectivity index (χ4v) is 3.86. The summed E-state index contributed by atoms with van der Waals surface area (Å²) in [6.07, 6.45) is 3.16. The second-order valence-electron chi connectivity index (χ2n) is 7.42. The van der Waals surface area contributed by atoms with E-state index in [0.29, 0.717) is 5.92 Å². The lowest BCUT2D eigenvalue weighted by molar-refractivity contribution is -0.660. The van der Waals surface area contributed by atoms with Crippen LogP contribution in [0.2, 0.25) is 0 Å². The third kappa shape index (κ3) is 2.21. The summed E-state index contributed by atoms with van der Waals surface area (Å²) < 4.78 is 8.49. The Kier molecular flexibility index (Phi) is 3.38. The maximum Gasteiger partial charge on any atom is 0.256 e. The van der Waals surface area contributed by atoms with Gasteiger partial charge in [0.25, 0.3) is 5.69 Å². The summed E-state index contributed by atoms with van der Waals surface area (Å²) in [7, 11) is 2.09. The molecule has 1 aromatic heterocycles. The number of rotatable bonds is 2. The van der Waals surface area contributed by atoms with Gasteiger partial charge < -0.3 is 4.74 Å². The molecule has 0 spiro atoms. The SMILES string of the molecule is Cc1cc2cc(CC(C)C)cc3c2c(c1C)-c1c(ccc[n+]1C)O3. The van der Waals surface area contributed by atoms with Gasteiger partial charge in [-0.25, -0.2) is 0 Å². The van der Waals surface area contributed by atoms with Crippen LogP contribution in [0.4, 0.5) is 0 Å². The minimum absolute atomic E-state index is 0.634. The van der Waals surface area contributed by atoms with Crippen molar-refractivity contribution in [3.63, 3.8) is 0 Å². The topological polar surface area (TPSA) is 13.1 Å². The highest BCUT2D eigenvalue weighted by Gasteiger charge is 2.29. The van der Waals surface area contributed by atoms with Crippen molar-refractivity contribution >= 4 is 10.8 Å². The Bertz CT molecular complexity index is 970. The number of hydrogen-bond donors (Lipinski definition) is 0. The number of ether oxygens (including phenoxy) is 1. The Labute approximate surface area is 143 Å². The quantitative estimate of drug-likeness (QED) is 0.460. The summed E-state index contributed by atoms with van der Waals surface area (Å²) in [6, 6.07) is 11.0.